The number of amidine groups is 1. The van der Waals surface area contributed by atoms with E-state index in [9.17, 15) is 31.2 Å². The quantitative estimate of drug-likeness (QED) is 0.00996. The van der Waals surface area contributed by atoms with Crippen molar-refractivity contribution in [1.29, 1.82) is 0 Å². The summed E-state index contributed by atoms with van der Waals surface area (Å²) in [5.74, 6) is -0.124. The van der Waals surface area contributed by atoms with Crippen LogP contribution in [0.1, 0.15) is 76.9 Å². The van der Waals surface area contributed by atoms with Gasteiger partial charge in [-0.2, -0.15) is 61.7 Å². The molecule has 14 aromatic rings. The minimum absolute atomic E-state index is 0.0482. The van der Waals surface area contributed by atoms with Gasteiger partial charge in [0.15, 0.2) is 0 Å². The van der Waals surface area contributed by atoms with Gasteiger partial charge in [0.25, 0.3) is 37.8 Å². The number of nitrogens with two attached hydrogens (primary N) is 4. The summed E-state index contributed by atoms with van der Waals surface area (Å²) in [6.45, 7) is 9.11. The summed E-state index contributed by atoms with van der Waals surface area (Å²) in [6, 6.07) is 83.6. The van der Waals surface area contributed by atoms with E-state index in [-0.39, 0.29) is 89.0 Å². The Morgan fingerprint density at radius 1 is 0.357 bits per heavy atom. The van der Waals surface area contributed by atoms with Crippen molar-refractivity contribution in [2.75, 3.05) is 42.5 Å². The molecule has 0 aliphatic heterocycles. The van der Waals surface area contributed by atoms with E-state index in [1.807, 2.05) is 159 Å². The molecule has 0 aliphatic carbocycles. The Morgan fingerprint density at radius 2 is 0.698 bits per heavy atom. The van der Waals surface area contributed by atoms with Crippen LogP contribution in [0, 0.1) is 6.92 Å². The standard InChI is InChI=1S/C32H29ClN8O4S.C32H31N9O4S.C26H25ClN8O2/c1-21(34)41-46(43,44)28-16-14-26(15-17-28)36-29(42)24-8-5-9-27(18-24)37-31-38-30(35-19-22-10-12-25(33)13-11-22)39-32(40-31)45-20-23-6-3-2-4-7-23;1-21-7-9-22(10-8-21)19-35-30-38-31(40-32(39-30)45-20-23-5-3-2-4-6-23)37-26-13-11-24(12-14-26)28(42)36-25-15-17-27(18-16-25)46(43,44)41-29(33)34;1-17(28)34-35-23(36)20-8-5-9-22(14-20)30-25-31-24(29-15-18-10-12-21(27)13-11-18)32-26(33-25)37-16-19-6-3-2-4-7-19/h2-18H,19-20H2,1H3,(H2,34,41)(H,36,42)(H2,35,37,38,39,40);2-18H,19-20H2,1H3,(H,36,42)(H4,33,34,41)(H2,35,37,38,39,40);2-14,34H,1,15-16,28H2,(H,35,36)(H2,29,30,31,32,33). The Labute approximate surface area is 752 Å². The number of carbonyl (C=O) groups is 3. The second-order valence-electron chi connectivity index (χ2n) is 27.8. The summed E-state index contributed by atoms with van der Waals surface area (Å²) in [4.78, 5) is 78.0. The van der Waals surface area contributed by atoms with E-state index in [1.165, 1.54) is 61.0 Å². The second kappa shape index (κ2) is 44.8. The minimum atomic E-state index is -4.03. The van der Waals surface area contributed by atoms with Gasteiger partial charge in [-0.25, -0.2) is 0 Å². The number of aromatic nitrogens is 9. The van der Waals surface area contributed by atoms with Crippen LogP contribution in [-0.2, 0) is 59.5 Å². The largest absolute Gasteiger partial charge is 0.458 e. The monoisotopic (exact) mass is 1810 g/mol. The molecule has 3 aromatic heterocycles. The molecule has 0 spiro atoms. The molecule has 35 nitrogen and oxygen atoms in total. The molecule has 0 unspecified atom stereocenters. The molecule has 0 fully saturated rings. The fourth-order valence-electron chi connectivity index (χ4n) is 11.3. The smallest absolute Gasteiger partial charge is 0.323 e. The number of rotatable bonds is 35. The SMILES string of the molecule is C=C(N)NNC(=O)c1cccc(Nc2nc(NCc3ccc(Cl)cc3)nc(OCc3ccccc3)n2)c1.CC(N)=NS(=O)(=O)c1ccc(NC(=O)c2cccc(Nc3nc(NCc4ccc(Cl)cc4)nc(OCc4ccccc4)n3)c2)cc1.Cc1ccc(CNc2nc(Nc3ccc(C(=O)Nc4ccc(S(=O)(=O)N=C(N)N)cc4)cc3)nc(OCc3ccccc3)n2)cc1. The van der Waals surface area contributed by atoms with Crippen LogP contribution >= 0.6 is 23.2 Å². The number of amides is 3. The molecule has 0 aliphatic rings. The Bertz CT molecular complexity index is 6490. The topological polar surface area (TPSA) is 512 Å². The van der Waals surface area contributed by atoms with Crippen LogP contribution in [0.25, 0.3) is 0 Å². The van der Waals surface area contributed by atoms with Crippen molar-refractivity contribution in [2.45, 2.75) is 63.1 Å². The van der Waals surface area contributed by atoms with Gasteiger partial charge in [0.1, 0.15) is 31.5 Å². The van der Waals surface area contributed by atoms with Gasteiger partial charge in [0.05, 0.1) is 9.79 Å². The Kier molecular flexibility index (Phi) is 31.9. The second-order valence-corrected chi connectivity index (χ2v) is 31.9. The van der Waals surface area contributed by atoms with Crippen LogP contribution in [0.4, 0.5) is 64.1 Å². The van der Waals surface area contributed by atoms with E-state index in [2.05, 4.69) is 114 Å². The molecular formula is C90H85Cl2N25O10S2. The number of benzene rings is 11. The Morgan fingerprint density at radius 3 is 1.07 bits per heavy atom. The van der Waals surface area contributed by atoms with Gasteiger partial charge in [0.2, 0.25) is 41.6 Å². The molecule has 0 saturated heterocycles. The van der Waals surface area contributed by atoms with Gasteiger partial charge in [-0.15, -0.1) is 8.80 Å². The lowest BCUT2D eigenvalue weighted by molar-refractivity contribution is 0.0937. The molecule has 3 amide bonds. The van der Waals surface area contributed by atoms with Crippen LogP contribution in [0.15, 0.2) is 316 Å². The Balaban J connectivity index is 0.000000177. The van der Waals surface area contributed by atoms with Gasteiger partial charge < -0.3 is 79.7 Å². The van der Waals surface area contributed by atoms with E-state index in [1.54, 1.807) is 84.9 Å². The number of carbonyl (C=O) groups excluding carboxylic acids is 3. The predicted octanol–water partition coefficient (Wildman–Crippen LogP) is 14.2. The van der Waals surface area contributed by atoms with Crippen LogP contribution < -0.4 is 90.5 Å². The zero-order valence-electron chi connectivity index (χ0n) is 69.0. The van der Waals surface area contributed by atoms with Gasteiger partial charge in [0, 0.05) is 74.8 Å². The summed E-state index contributed by atoms with van der Waals surface area (Å²) in [5.41, 5.74) is 36.8. The maximum absolute atomic E-state index is 13.0. The molecule has 0 bridgehead atoms. The van der Waals surface area contributed by atoms with Crippen molar-refractivity contribution in [3.63, 3.8) is 0 Å². The number of nitrogens with one attached hydrogen (secondary N) is 10. The molecular weight excluding hydrogens is 1730 g/mol. The Hall–Kier alpha value is -16.4. The fraction of sp³-hybridized carbons (Fsp3) is 0.0889. The van der Waals surface area contributed by atoms with Crippen molar-refractivity contribution >= 4 is 137 Å². The molecule has 3 heterocycles. The molecule has 656 valence electrons. The van der Waals surface area contributed by atoms with Gasteiger partial charge in [-0.05, 0) is 181 Å². The number of nitrogens with zero attached hydrogens (tertiary/aromatic N) is 11. The number of aryl methyl sites for hydroxylation is 1. The predicted molar refractivity (Wildman–Crippen MR) is 497 cm³/mol. The molecule has 0 atom stereocenters. The maximum atomic E-state index is 13.0. The van der Waals surface area contributed by atoms with Crippen LogP contribution in [0.5, 0.6) is 18.0 Å². The number of hydrazine groups is 1. The number of hydrogen-bond acceptors (Lipinski definition) is 27. The summed E-state index contributed by atoms with van der Waals surface area (Å²) in [5, 5.41) is 25.7. The van der Waals surface area contributed by atoms with Crippen LogP contribution in [0.2, 0.25) is 10.0 Å². The number of anilines is 11. The summed E-state index contributed by atoms with van der Waals surface area (Å²) < 4.78 is 73.1. The highest BCUT2D eigenvalue weighted by Crippen LogP contribution is 2.27. The third kappa shape index (κ3) is 29.7. The van der Waals surface area contributed by atoms with E-state index in [0.29, 0.717) is 86.7 Å². The first kappa shape index (κ1) is 91.8. The number of halogens is 2. The number of sulfonamides is 2. The third-order valence-corrected chi connectivity index (χ3v) is 20.8. The van der Waals surface area contributed by atoms with Gasteiger partial charge in [-0.1, -0.05) is 187 Å². The highest BCUT2D eigenvalue weighted by atomic mass is 35.5. The molecule has 18 N–H and O–H groups in total. The van der Waals surface area contributed by atoms with Crippen molar-refractivity contribution in [1.82, 2.24) is 55.7 Å². The van der Waals surface area contributed by atoms with Crippen LogP contribution in [0.3, 0.4) is 0 Å². The number of ether oxygens (including phenoxy) is 3. The highest BCUT2D eigenvalue weighted by Gasteiger charge is 2.20. The molecule has 0 saturated carbocycles. The average Bonchev–Trinajstić information content (AvgIpc) is 0.836. The highest BCUT2D eigenvalue weighted by molar-refractivity contribution is 7.90. The van der Waals surface area contributed by atoms with Gasteiger partial charge >= 0.3 is 18.0 Å². The lowest BCUT2D eigenvalue weighted by Gasteiger charge is -2.12. The zero-order valence-corrected chi connectivity index (χ0v) is 72.1. The van der Waals surface area contributed by atoms with E-state index < -0.39 is 37.8 Å². The first-order chi connectivity index (χ1) is 62.2. The average molecular weight is 1810 g/mol. The van der Waals surface area contributed by atoms with Crippen molar-refractivity contribution < 1.29 is 45.4 Å². The third-order valence-electron chi connectivity index (χ3n) is 17.6. The molecule has 129 heavy (non-hydrogen) atoms. The van der Waals surface area contributed by atoms with Crippen molar-refractivity contribution in [3.8, 4) is 18.0 Å². The van der Waals surface area contributed by atoms with Crippen molar-refractivity contribution in [3.05, 3.63) is 363 Å². The number of guanidine groups is 1. The molecule has 0 radical (unpaired) electrons. The molecule has 11 aromatic carbocycles. The lowest BCUT2D eigenvalue weighted by Crippen LogP contribution is -2.38. The molecule has 14 rings (SSSR count). The first-order valence-electron chi connectivity index (χ1n) is 39.1. The van der Waals surface area contributed by atoms with Gasteiger partial charge in [-0.3, -0.25) is 25.2 Å². The van der Waals surface area contributed by atoms with E-state index in [4.69, 9.17) is 60.3 Å². The zero-order chi connectivity index (χ0) is 91.1. The lowest BCUT2D eigenvalue weighted by atomic mass is 10.1. The minimum Gasteiger partial charge on any atom is -0.458 e. The van der Waals surface area contributed by atoms with E-state index >= 15 is 0 Å². The first-order valence-corrected chi connectivity index (χ1v) is 42.8. The van der Waals surface area contributed by atoms with Crippen molar-refractivity contribution in [2.24, 2.45) is 31.7 Å². The summed E-state index contributed by atoms with van der Waals surface area (Å²) in [6.07, 6.45) is 0. The number of hydrogen-bond donors (Lipinski definition) is 14. The van der Waals surface area contributed by atoms with Crippen LogP contribution in [-0.4, -0.2) is 91.2 Å². The van der Waals surface area contributed by atoms with E-state index in [0.717, 1.165) is 33.4 Å². The normalized spacial score (nSPS) is 10.9. The fourth-order valence-corrected chi connectivity index (χ4v) is 13.4. The maximum Gasteiger partial charge on any atom is 0.323 e. The summed E-state index contributed by atoms with van der Waals surface area (Å²) in [7, 11) is -7.96. The molecule has 39 heteroatoms. The summed E-state index contributed by atoms with van der Waals surface area (Å²) >= 11 is 12.0.